The number of carbonyl (C=O) groups excluding carboxylic acids is 1. The molecule has 1 aromatic rings. The standard InChI is InChI=1S/C10H10ClNO4/c1-2-3-6(10(14)15)12-9(13)7-4-5-8(11)16-7/h2,4-6H,1,3H2,(H,12,13)(H,14,15). The summed E-state index contributed by atoms with van der Waals surface area (Å²) in [5, 5.41) is 11.1. The summed E-state index contributed by atoms with van der Waals surface area (Å²) in [6.07, 6.45) is 1.55. The number of carboxylic acids is 1. The lowest BCUT2D eigenvalue weighted by molar-refractivity contribution is -0.139. The zero-order valence-electron chi connectivity index (χ0n) is 8.27. The molecule has 1 aromatic heterocycles. The number of hydrogen-bond acceptors (Lipinski definition) is 3. The second-order valence-electron chi connectivity index (χ2n) is 2.99. The lowest BCUT2D eigenvalue weighted by Crippen LogP contribution is -2.40. The molecule has 86 valence electrons. The van der Waals surface area contributed by atoms with Crippen LogP contribution in [0.2, 0.25) is 5.22 Å². The van der Waals surface area contributed by atoms with E-state index in [1.54, 1.807) is 0 Å². The molecule has 6 heteroatoms. The van der Waals surface area contributed by atoms with Gasteiger partial charge in [-0.25, -0.2) is 4.79 Å². The smallest absolute Gasteiger partial charge is 0.326 e. The van der Waals surface area contributed by atoms with E-state index in [1.807, 2.05) is 0 Å². The third-order valence-electron chi connectivity index (χ3n) is 1.80. The average molecular weight is 244 g/mol. The number of amides is 1. The molecule has 2 N–H and O–H groups in total. The van der Waals surface area contributed by atoms with Crippen molar-refractivity contribution in [3.63, 3.8) is 0 Å². The molecule has 1 unspecified atom stereocenters. The van der Waals surface area contributed by atoms with Crippen molar-refractivity contribution in [2.24, 2.45) is 0 Å². The molecule has 1 amide bonds. The number of carbonyl (C=O) groups is 2. The summed E-state index contributed by atoms with van der Waals surface area (Å²) in [6.45, 7) is 3.41. The molecule has 0 aromatic carbocycles. The van der Waals surface area contributed by atoms with Crippen LogP contribution < -0.4 is 5.32 Å². The summed E-state index contributed by atoms with van der Waals surface area (Å²) in [4.78, 5) is 22.2. The summed E-state index contributed by atoms with van der Waals surface area (Å²) < 4.78 is 4.84. The second-order valence-corrected chi connectivity index (χ2v) is 3.36. The van der Waals surface area contributed by atoms with E-state index < -0.39 is 17.9 Å². The fourth-order valence-corrected chi connectivity index (χ4v) is 1.20. The van der Waals surface area contributed by atoms with E-state index in [9.17, 15) is 9.59 Å². The first-order valence-corrected chi connectivity index (χ1v) is 4.82. The van der Waals surface area contributed by atoms with E-state index in [-0.39, 0.29) is 17.4 Å². The molecule has 1 atom stereocenters. The molecule has 0 aliphatic heterocycles. The van der Waals surface area contributed by atoms with Gasteiger partial charge >= 0.3 is 5.97 Å². The van der Waals surface area contributed by atoms with Gasteiger partial charge in [0, 0.05) is 0 Å². The molecule has 0 saturated heterocycles. The van der Waals surface area contributed by atoms with Gasteiger partial charge in [0.15, 0.2) is 11.0 Å². The molecule has 0 aliphatic rings. The van der Waals surface area contributed by atoms with Gasteiger partial charge < -0.3 is 14.8 Å². The molecule has 0 saturated carbocycles. The van der Waals surface area contributed by atoms with Crippen LogP contribution in [0.3, 0.4) is 0 Å². The van der Waals surface area contributed by atoms with Crippen LogP contribution >= 0.6 is 11.6 Å². The van der Waals surface area contributed by atoms with Crippen molar-refractivity contribution in [3.05, 3.63) is 35.8 Å². The van der Waals surface area contributed by atoms with Gasteiger partial charge in [-0.1, -0.05) is 6.08 Å². The molecule has 1 rings (SSSR count). The molecule has 0 fully saturated rings. The zero-order valence-corrected chi connectivity index (χ0v) is 9.03. The summed E-state index contributed by atoms with van der Waals surface area (Å²) in [7, 11) is 0. The first kappa shape index (κ1) is 12.3. The third-order valence-corrected chi connectivity index (χ3v) is 2.01. The van der Waals surface area contributed by atoms with E-state index in [2.05, 4.69) is 11.9 Å². The molecule has 1 heterocycles. The Morgan fingerprint density at radius 1 is 1.62 bits per heavy atom. The maximum absolute atomic E-state index is 11.5. The SMILES string of the molecule is C=CCC(NC(=O)c1ccc(Cl)o1)C(=O)O. The molecule has 0 bridgehead atoms. The number of hydrogen-bond donors (Lipinski definition) is 2. The van der Waals surface area contributed by atoms with Gasteiger partial charge in [0.25, 0.3) is 5.91 Å². The van der Waals surface area contributed by atoms with Crippen molar-refractivity contribution in [2.45, 2.75) is 12.5 Å². The minimum atomic E-state index is -1.13. The van der Waals surface area contributed by atoms with Crippen molar-refractivity contribution in [1.29, 1.82) is 0 Å². The Hall–Kier alpha value is -1.75. The molecular formula is C10H10ClNO4. The van der Waals surface area contributed by atoms with Crippen LogP contribution in [0, 0.1) is 0 Å². The van der Waals surface area contributed by atoms with Crippen LogP contribution in [0.25, 0.3) is 0 Å². The van der Waals surface area contributed by atoms with Crippen LogP contribution in [-0.2, 0) is 4.79 Å². The number of furan rings is 1. The highest BCUT2D eigenvalue weighted by Gasteiger charge is 2.20. The van der Waals surface area contributed by atoms with Gasteiger partial charge in [-0.2, -0.15) is 0 Å². The first-order valence-electron chi connectivity index (χ1n) is 4.44. The Kier molecular flexibility index (Phi) is 4.13. The van der Waals surface area contributed by atoms with Gasteiger partial charge in [0.1, 0.15) is 6.04 Å². The zero-order chi connectivity index (χ0) is 12.1. The van der Waals surface area contributed by atoms with Crippen LogP contribution in [0.15, 0.2) is 29.2 Å². The Labute approximate surface area is 96.7 Å². The maximum Gasteiger partial charge on any atom is 0.326 e. The minimum absolute atomic E-state index is 0.0275. The highest BCUT2D eigenvalue weighted by atomic mass is 35.5. The van der Waals surface area contributed by atoms with E-state index in [0.717, 1.165) is 0 Å². The number of rotatable bonds is 5. The van der Waals surface area contributed by atoms with Crippen molar-refractivity contribution in [1.82, 2.24) is 5.32 Å². The van der Waals surface area contributed by atoms with Gasteiger partial charge in [-0.3, -0.25) is 4.79 Å². The lowest BCUT2D eigenvalue weighted by atomic mass is 10.2. The predicted octanol–water partition coefficient (Wildman–Crippen LogP) is 1.69. The van der Waals surface area contributed by atoms with E-state index >= 15 is 0 Å². The van der Waals surface area contributed by atoms with Crippen molar-refractivity contribution < 1.29 is 19.1 Å². The topological polar surface area (TPSA) is 79.5 Å². The Balaban J connectivity index is 2.68. The molecule has 16 heavy (non-hydrogen) atoms. The number of halogens is 1. The van der Waals surface area contributed by atoms with E-state index in [1.165, 1.54) is 18.2 Å². The maximum atomic E-state index is 11.5. The van der Waals surface area contributed by atoms with E-state index in [0.29, 0.717) is 0 Å². The minimum Gasteiger partial charge on any atom is -0.480 e. The number of aliphatic carboxylic acids is 1. The average Bonchev–Trinajstić information content (AvgIpc) is 2.64. The molecule has 0 radical (unpaired) electrons. The number of nitrogens with one attached hydrogen (secondary N) is 1. The Morgan fingerprint density at radius 3 is 2.75 bits per heavy atom. The summed E-state index contributed by atoms with van der Waals surface area (Å²) >= 11 is 5.49. The first-order chi connectivity index (χ1) is 7.54. The largest absolute Gasteiger partial charge is 0.480 e. The quantitative estimate of drug-likeness (QED) is 0.772. The molecule has 0 spiro atoms. The summed E-state index contributed by atoms with van der Waals surface area (Å²) in [5.74, 6) is -1.78. The van der Waals surface area contributed by atoms with Gasteiger partial charge in [-0.05, 0) is 30.2 Å². The molecular weight excluding hydrogens is 234 g/mol. The second kappa shape index (κ2) is 5.37. The monoisotopic (exact) mass is 243 g/mol. The Bertz CT molecular complexity index is 413. The van der Waals surface area contributed by atoms with Gasteiger partial charge in [-0.15, -0.1) is 6.58 Å². The van der Waals surface area contributed by atoms with Crippen LogP contribution in [-0.4, -0.2) is 23.0 Å². The highest BCUT2D eigenvalue weighted by molar-refractivity contribution is 6.29. The lowest BCUT2D eigenvalue weighted by Gasteiger charge is -2.10. The predicted molar refractivity (Wildman–Crippen MR) is 57.4 cm³/mol. The van der Waals surface area contributed by atoms with Crippen molar-refractivity contribution in [3.8, 4) is 0 Å². The molecule has 0 aliphatic carbocycles. The third kappa shape index (κ3) is 3.13. The Morgan fingerprint density at radius 2 is 2.31 bits per heavy atom. The van der Waals surface area contributed by atoms with Crippen molar-refractivity contribution in [2.75, 3.05) is 0 Å². The van der Waals surface area contributed by atoms with E-state index in [4.69, 9.17) is 21.1 Å². The highest BCUT2D eigenvalue weighted by Crippen LogP contribution is 2.13. The number of carboxylic acid groups (broad SMARTS) is 1. The summed E-state index contributed by atoms with van der Waals surface area (Å²) in [6, 6.07) is 1.75. The van der Waals surface area contributed by atoms with Crippen LogP contribution in [0.5, 0.6) is 0 Å². The summed E-state index contributed by atoms with van der Waals surface area (Å²) in [5.41, 5.74) is 0. The fraction of sp³-hybridized carbons (Fsp3) is 0.200. The van der Waals surface area contributed by atoms with Gasteiger partial charge in [0.05, 0.1) is 0 Å². The van der Waals surface area contributed by atoms with Crippen molar-refractivity contribution >= 4 is 23.5 Å². The van der Waals surface area contributed by atoms with Gasteiger partial charge in [0.2, 0.25) is 0 Å². The van der Waals surface area contributed by atoms with Crippen LogP contribution in [0.4, 0.5) is 0 Å². The van der Waals surface area contributed by atoms with Crippen LogP contribution in [0.1, 0.15) is 17.0 Å². The fourth-order valence-electron chi connectivity index (χ4n) is 1.05. The molecule has 5 nitrogen and oxygen atoms in total. The normalized spacial score (nSPS) is 11.8.